The molecular weight excluding hydrogens is 307 g/mol. The van der Waals surface area contributed by atoms with Crippen LogP contribution in [0.25, 0.3) is 10.9 Å². The Morgan fingerprint density at radius 2 is 2.29 bits per heavy atom. The fourth-order valence-electron chi connectivity index (χ4n) is 3.08. The largest absolute Gasteiger partial charge is 0.399 e. The van der Waals surface area contributed by atoms with Gasteiger partial charge < -0.3 is 16.2 Å². The zero-order valence-corrected chi connectivity index (χ0v) is 13.7. The molecule has 1 aliphatic rings. The van der Waals surface area contributed by atoms with Crippen LogP contribution in [0.2, 0.25) is 0 Å². The van der Waals surface area contributed by atoms with Gasteiger partial charge in [-0.2, -0.15) is 0 Å². The van der Waals surface area contributed by atoms with Crippen LogP contribution in [0.3, 0.4) is 0 Å². The lowest BCUT2D eigenvalue weighted by molar-refractivity contribution is -0.121. The van der Waals surface area contributed by atoms with Gasteiger partial charge in [-0.3, -0.25) is 14.2 Å². The van der Waals surface area contributed by atoms with Crippen LogP contribution < -0.4 is 22.1 Å². The minimum atomic E-state index is -0.517. The van der Waals surface area contributed by atoms with Crippen molar-refractivity contribution in [3.05, 3.63) is 28.8 Å². The Morgan fingerprint density at radius 1 is 1.50 bits per heavy atom. The Bertz CT molecular complexity index is 836. The van der Waals surface area contributed by atoms with Crippen molar-refractivity contribution in [1.82, 2.24) is 14.9 Å². The highest BCUT2D eigenvalue weighted by molar-refractivity contribution is 6.36. The smallest absolute Gasteiger partial charge is 0.261 e. The minimum absolute atomic E-state index is 0.0551. The minimum Gasteiger partial charge on any atom is -0.399 e. The van der Waals surface area contributed by atoms with Crippen LogP contribution in [0.5, 0.6) is 0 Å². The van der Waals surface area contributed by atoms with Crippen molar-refractivity contribution >= 4 is 35.7 Å². The number of anilines is 1. The molecule has 2 heterocycles. The average Bonchev–Trinajstić information content (AvgIpc) is 2.54. The van der Waals surface area contributed by atoms with Crippen LogP contribution in [0.4, 0.5) is 5.69 Å². The predicted molar refractivity (Wildman–Crippen MR) is 95.2 cm³/mol. The maximum atomic E-state index is 12.5. The molecule has 0 saturated carbocycles. The molecule has 1 saturated heterocycles. The molecule has 1 aromatic carbocycles. The number of aromatic nitrogens is 2. The summed E-state index contributed by atoms with van der Waals surface area (Å²) in [6.45, 7) is 0.742. The molecule has 1 aromatic heterocycles. The number of nitrogens with one attached hydrogen (secondary N) is 1. The summed E-state index contributed by atoms with van der Waals surface area (Å²) in [6, 6.07) is 3.13. The SMILES string of the molecule is Bc1cc2ncn(CC(=O)CC3NCCCC3O)c(=O)c2cc1N. The lowest BCUT2D eigenvalue weighted by Crippen LogP contribution is -2.46. The number of ketones is 1. The highest BCUT2D eigenvalue weighted by atomic mass is 16.3. The fraction of sp³-hybridized carbons (Fsp3) is 0.438. The molecule has 2 unspecified atom stereocenters. The van der Waals surface area contributed by atoms with Crippen molar-refractivity contribution in [1.29, 1.82) is 0 Å². The topological polar surface area (TPSA) is 110 Å². The Hall–Kier alpha value is -2.19. The molecule has 0 amide bonds. The van der Waals surface area contributed by atoms with E-state index in [1.54, 1.807) is 12.1 Å². The summed E-state index contributed by atoms with van der Waals surface area (Å²) >= 11 is 0. The van der Waals surface area contributed by atoms with Crippen LogP contribution in [0.15, 0.2) is 23.3 Å². The number of Topliss-reactive ketones (excluding diaryl/α,β-unsaturated/α-hetero) is 1. The summed E-state index contributed by atoms with van der Waals surface area (Å²) in [5, 5.41) is 13.5. The zero-order valence-electron chi connectivity index (χ0n) is 13.7. The second kappa shape index (κ2) is 6.74. The van der Waals surface area contributed by atoms with Gasteiger partial charge in [-0.15, -0.1) is 0 Å². The van der Waals surface area contributed by atoms with Gasteiger partial charge in [0.2, 0.25) is 0 Å². The van der Waals surface area contributed by atoms with Gasteiger partial charge in [-0.1, -0.05) is 5.46 Å². The third-order valence-electron chi connectivity index (χ3n) is 4.55. The van der Waals surface area contributed by atoms with E-state index in [1.807, 2.05) is 7.85 Å². The number of benzene rings is 1. The van der Waals surface area contributed by atoms with Crippen LogP contribution in [0, 0.1) is 0 Å². The van der Waals surface area contributed by atoms with E-state index in [4.69, 9.17) is 5.73 Å². The van der Waals surface area contributed by atoms with Crippen molar-refractivity contribution < 1.29 is 9.90 Å². The van der Waals surface area contributed by atoms with Crippen molar-refractivity contribution in [3.63, 3.8) is 0 Å². The van der Waals surface area contributed by atoms with E-state index in [0.29, 0.717) is 23.0 Å². The number of rotatable bonds is 4. The molecule has 8 heteroatoms. The predicted octanol–water partition coefficient (Wildman–Crippen LogP) is -1.69. The summed E-state index contributed by atoms with van der Waals surface area (Å²) < 4.78 is 1.30. The number of carbonyl (C=O) groups is 1. The van der Waals surface area contributed by atoms with Gasteiger partial charge in [0.05, 0.1) is 29.9 Å². The zero-order chi connectivity index (χ0) is 17.3. The maximum absolute atomic E-state index is 12.5. The molecule has 0 bridgehead atoms. The molecule has 7 nitrogen and oxygen atoms in total. The third kappa shape index (κ3) is 3.34. The van der Waals surface area contributed by atoms with Crippen molar-refractivity contribution in [2.75, 3.05) is 12.3 Å². The normalized spacial score (nSPS) is 21.0. The van der Waals surface area contributed by atoms with Gasteiger partial charge in [0, 0.05) is 18.2 Å². The molecule has 2 aromatic rings. The van der Waals surface area contributed by atoms with Crippen molar-refractivity contribution in [2.45, 2.75) is 38.0 Å². The molecule has 24 heavy (non-hydrogen) atoms. The number of aliphatic hydroxyl groups excluding tert-OH is 1. The van der Waals surface area contributed by atoms with Gasteiger partial charge >= 0.3 is 0 Å². The molecule has 126 valence electrons. The number of nitrogens with zero attached hydrogens (tertiary/aromatic N) is 2. The number of nitrogens with two attached hydrogens (primary N) is 1. The lowest BCUT2D eigenvalue weighted by atomic mass is 9.93. The van der Waals surface area contributed by atoms with Crippen LogP contribution in [-0.2, 0) is 11.3 Å². The Balaban J connectivity index is 1.79. The number of nitrogen functional groups attached to an aromatic ring is 1. The first-order valence-electron chi connectivity index (χ1n) is 8.14. The van der Waals surface area contributed by atoms with Gasteiger partial charge in [-0.25, -0.2) is 4.98 Å². The van der Waals surface area contributed by atoms with E-state index in [0.717, 1.165) is 18.4 Å². The average molecular weight is 328 g/mol. The molecule has 3 rings (SSSR count). The number of hydrogen-bond acceptors (Lipinski definition) is 6. The van der Waals surface area contributed by atoms with Gasteiger partial charge in [0.25, 0.3) is 5.56 Å². The van der Waals surface area contributed by atoms with E-state index in [1.165, 1.54) is 10.9 Å². The highest BCUT2D eigenvalue weighted by Crippen LogP contribution is 2.12. The Morgan fingerprint density at radius 3 is 3.04 bits per heavy atom. The quantitative estimate of drug-likeness (QED) is 0.456. The number of aliphatic hydroxyl groups is 1. The summed E-state index contributed by atoms with van der Waals surface area (Å²) in [5.74, 6) is -0.114. The monoisotopic (exact) mass is 328 g/mol. The lowest BCUT2D eigenvalue weighted by Gasteiger charge is -2.28. The van der Waals surface area contributed by atoms with E-state index in [9.17, 15) is 14.7 Å². The summed E-state index contributed by atoms with van der Waals surface area (Å²) in [7, 11) is 1.86. The number of fused-ring (bicyclic) bond motifs is 1. The summed E-state index contributed by atoms with van der Waals surface area (Å²) in [6.07, 6.45) is 2.67. The third-order valence-corrected chi connectivity index (χ3v) is 4.55. The molecule has 2 atom stereocenters. The standard InChI is InChI=1S/C16H21BN4O3/c17-11-6-13-10(5-12(11)18)16(24)21(8-20-13)7-9(22)4-14-15(23)2-1-3-19-14/h5-6,8,14-15,19,23H,1-4,7,17-18H2. The molecule has 0 spiro atoms. The van der Waals surface area contributed by atoms with Crippen molar-refractivity contribution in [2.24, 2.45) is 0 Å². The fourth-order valence-corrected chi connectivity index (χ4v) is 3.08. The number of carbonyl (C=O) groups excluding carboxylic acids is 1. The maximum Gasteiger partial charge on any atom is 0.261 e. The molecular formula is C16H21BN4O3. The highest BCUT2D eigenvalue weighted by Gasteiger charge is 2.25. The van der Waals surface area contributed by atoms with Crippen molar-refractivity contribution in [3.8, 4) is 0 Å². The van der Waals surface area contributed by atoms with Crippen LogP contribution in [-0.4, -0.2) is 47.0 Å². The molecule has 0 radical (unpaired) electrons. The molecule has 4 N–H and O–H groups in total. The van der Waals surface area contributed by atoms with Crippen LogP contribution >= 0.6 is 0 Å². The van der Waals surface area contributed by atoms with E-state index in [-0.39, 0.29) is 30.3 Å². The van der Waals surface area contributed by atoms with E-state index in [2.05, 4.69) is 10.3 Å². The van der Waals surface area contributed by atoms with Crippen LogP contribution in [0.1, 0.15) is 19.3 Å². The van der Waals surface area contributed by atoms with Gasteiger partial charge in [0.15, 0.2) is 5.78 Å². The summed E-state index contributed by atoms with van der Waals surface area (Å²) in [5.41, 5.74) is 7.54. The molecule has 0 aliphatic carbocycles. The number of piperidine rings is 1. The summed E-state index contributed by atoms with van der Waals surface area (Å²) in [4.78, 5) is 29.1. The van der Waals surface area contributed by atoms with Gasteiger partial charge in [-0.05, 0) is 31.5 Å². The Kier molecular flexibility index (Phi) is 4.68. The second-order valence-electron chi connectivity index (χ2n) is 6.42. The Labute approximate surface area is 140 Å². The first kappa shape index (κ1) is 16.7. The first-order chi connectivity index (χ1) is 11.5. The molecule has 1 aliphatic heterocycles. The second-order valence-corrected chi connectivity index (χ2v) is 6.42. The molecule has 1 fully saturated rings. The first-order valence-corrected chi connectivity index (χ1v) is 8.14. The van der Waals surface area contributed by atoms with E-state index < -0.39 is 6.10 Å². The van der Waals surface area contributed by atoms with Gasteiger partial charge in [0.1, 0.15) is 7.85 Å². The van der Waals surface area contributed by atoms with E-state index >= 15 is 0 Å². The number of hydrogen-bond donors (Lipinski definition) is 3.